The predicted octanol–water partition coefficient (Wildman–Crippen LogP) is 5.83. The highest BCUT2D eigenvalue weighted by atomic mass is 16.5. The molecule has 0 unspecified atom stereocenters. The van der Waals surface area contributed by atoms with E-state index in [9.17, 15) is 0 Å². The van der Waals surface area contributed by atoms with Gasteiger partial charge in [-0.1, -0.05) is 25.5 Å². The Morgan fingerprint density at radius 2 is 1.96 bits per heavy atom. The molecule has 2 aromatic carbocycles. The van der Waals surface area contributed by atoms with E-state index in [0.717, 1.165) is 36.4 Å². The van der Waals surface area contributed by atoms with Crippen molar-refractivity contribution in [2.75, 3.05) is 7.11 Å². The molecular formula is C22H23O2+. The van der Waals surface area contributed by atoms with Crippen LogP contribution in [0.2, 0.25) is 0 Å². The lowest BCUT2D eigenvalue weighted by atomic mass is 9.85. The smallest absolute Gasteiger partial charge is 0.364 e. The van der Waals surface area contributed by atoms with Gasteiger partial charge in [0.15, 0.2) is 0 Å². The lowest BCUT2D eigenvalue weighted by Gasteiger charge is -2.17. The van der Waals surface area contributed by atoms with Crippen LogP contribution in [0.3, 0.4) is 0 Å². The Morgan fingerprint density at radius 3 is 2.79 bits per heavy atom. The first-order valence-corrected chi connectivity index (χ1v) is 8.85. The molecule has 122 valence electrons. The first-order valence-electron chi connectivity index (χ1n) is 8.85. The molecule has 1 aliphatic rings. The zero-order valence-corrected chi connectivity index (χ0v) is 14.4. The van der Waals surface area contributed by atoms with Gasteiger partial charge < -0.3 is 4.74 Å². The lowest BCUT2D eigenvalue weighted by molar-refractivity contribution is 0.414. The summed E-state index contributed by atoms with van der Waals surface area (Å²) < 4.78 is 11.7. The van der Waals surface area contributed by atoms with Crippen LogP contribution in [0.15, 0.2) is 46.9 Å². The molecular weight excluding hydrogens is 296 g/mol. The fourth-order valence-corrected chi connectivity index (χ4v) is 3.78. The number of benzene rings is 2. The Kier molecular flexibility index (Phi) is 3.97. The number of para-hydroxylation sites is 1. The Hall–Kier alpha value is -2.35. The number of rotatable bonds is 4. The summed E-state index contributed by atoms with van der Waals surface area (Å²) in [5.41, 5.74) is 6.42. The van der Waals surface area contributed by atoms with Gasteiger partial charge in [0.25, 0.3) is 0 Å². The monoisotopic (exact) mass is 319 g/mol. The van der Waals surface area contributed by atoms with Crippen molar-refractivity contribution in [2.24, 2.45) is 0 Å². The number of hydrogen-bond donors (Lipinski definition) is 0. The molecule has 0 bridgehead atoms. The Bertz CT molecular complexity index is 896. The lowest BCUT2D eigenvalue weighted by Crippen LogP contribution is -2.08. The van der Waals surface area contributed by atoms with Crippen molar-refractivity contribution in [3.05, 3.63) is 59.2 Å². The molecule has 24 heavy (non-hydrogen) atoms. The SMILES string of the molecule is CCCCc1c2c([o+]c3ccccc13)-c1ccc(OC)cc1CC2. The molecule has 0 radical (unpaired) electrons. The maximum Gasteiger partial charge on any atom is 0.364 e. The quantitative estimate of drug-likeness (QED) is 0.564. The number of methoxy groups -OCH3 is 1. The average Bonchev–Trinajstić information content (AvgIpc) is 2.64. The summed E-state index contributed by atoms with van der Waals surface area (Å²) in [6.07, 6.45) is 5.65. The molecule has 0 fully saturated rings. The van der Waals surface area contributed by atoms with Crippen molar-refractivity contribution in [3.8, 4) is 17.1 Å². The van der Waals surface area contributed by atoms with Crippen LogP contribution in [0, 0.1) is 0 Å². The van der Waals surface area contributed by atoms with Gasteiger partial charge in [-0.15, -0.1) is 0 Å². The zero-order valence-electron chi connectivity index (χ0n) is 14.4. The summed E-state index contributed by atoms with van der Waals surface area (Å²) in [4.78, 5) is 0. The highest BCUT2D eigenvalue weighted by molar-refractivity contribution is 5.86. The van der Waals surface area contributed by atoms with Crippen LogP contribution in [0.4, 0.5) is 0 Å². The van der Waals surface area contributed by atoms with E-state index >= 15 is 0 Å². The van der Waals surface area contributed by atoms with Crippen LogP contribution in [-0.2, 0) is 19.3 Å². The van der Waals surface area contributed by atoms with Crippen LogP contribution in [0.25, 0.3) is 22.3 Å². The van der Waals surface area contributed by atoms with Gasteiger partial charge >= 0.3 is 11.3 Å². The largest absolute Gasteiger partial charge is 0.497 e. The number of aryl methyl sites for hydroxylation is 2. The van der Waals surface area contributed by atoms with Gasteiger partial charge in [0.05, 0.1) is 23.6 Å². The molecule has 3 aromatic rings. The first kappa shape index (κ1) is 15.2. The summed E-state index contributed by atoms with van der Waals surface area (Å²) in [5, 5.41) is 1.28. The van der Waals surface area contributed by atoms with E-state index in [4.69, 9.17) is 9.15 Å². The third-order valence-corrected chi connectivity index (χ3v) is 5.04. The van der Waals surface area contributed by atoms with E-state index in [1.165, 1.54) is 40.5 Å². The Morgan fingerprint density at radius 1 is 1.08 bits per heavy atom. The molecule has 0 atom stereocenters. The van der Waals surface area contributed by atoms with Gasteiger partial charge in [-0.25, -0.2) is 4.42 Å². The minimum absolute atomic E-state index is 0.921. The number of unbranched alkanes of at least 4 members (excludes halogenated alkanes) is 1. The molecule has 2 nitrogen and oxygen atoms in total. The maximum atomic E-state index is 6.36. The molecule has 0 aliphatic heterocycles. The molecule has 2 heteroatoms. The van der Waals surface area contributed by atoms with E-state index < -0.39 is 0 Å². The van der Waals surface area contributed by atoms with E-state index in [1.54, 1.807) is 7.11 Å². The van der Waals surface area contributed by atoms with E-state index in [-0.39, 0.29) is 0 Å². The summed E-state index contributed by atoms with van der Waals surface area (Å²) in [6.45, 7) is 2.25. The predicted molar refractivity (Wildman–Crippen MR) is 98.6 cm³/mol. The third-order valence-electron chi connectivity index (χ3n) is 5.04. The minimum atomic E-state index is 0.921. The molecule has 0 saturated heterocycles. The maximum absolute atomic E-state index is 6.36. The van der Waals surface area contributed by atoms with Crippen LogP contribution in [0.5, 0.6) is 5.75 Å². The zero-order chi connectivity index (χ0) is 16.5. The fourth-order valence-electron chi connectivity index (χ4n) is 3.78. The van der Waals surface area contributed by atoms with Gasteiger partial charge in [0.1, 0.15) is 5.75 Å². The van der Waals surface area contributed by atoms with E-state index in [0.29, 0.717) is 0 Å². The van der Waals surface area contributed by atoms with E-state index in [2.05, 4.69) is 43.3 Å². The highest BCUT2D eigenvalue weighted by Crippen LogP contribution is 2.40. The molecule has 4 rings (SSSR count). The molecule has 0 spiro atoms. The Balaban J connectivity index is 1.95. The topological polar surface area (TPSA) is 20.5 Å². The van der Waals surface area contributed by atoms with E-state index in [1.807, 2.05) is 6.07 Å². The second-order valence-electron chi connectivity index (χ2n) is 6.51. The number of ether oxygens (including phenoxy) is 1. The normalized spacial score (nSPS) is 12.8. The molecule has 0 saturated carbocycles. The summed E-state index contributed by atoms with van der Waals surface area (Å²) in [5.74, 6) is 1.98. The van der Waals surface area contributed by atoms with Gasteiger partial charge in [-0.3, -0.25) is 0 Å². The number of hydrogen-bond acceptors (Lipinski definition) is 1. The van der Waals surface area contributed by atoms with Crippen molar-refractivity contribution >= 4 is 11.0 Å². The molecule has 1 aliphatic carbocycles. The van der Waals surface area contributed by atoms with Gasteiger partial charge in [0.2, 0.25) is 0 Å². The van der Waals surface area contributed by atoms with Crippen molar-refractivity contribution in [1.82, 2.24) is 0 Å². The van der Waals surface area contributed by atoms with Crippen molar-refractivity contribution in [3.63, 3.8) is 0 Å². The Labute approximate surface area is 143 Å². The molecule has 1 aromatic heterocycles. The van der Waals surface area contributed by atoms with Crippen molar-refractivity contribution in [1.29, 1.82) is 0 Å². The fraction of sp³-hybridized carbons (Fsp3) is 0.318. The van der Waals surface area contributed by atoms with Crippen LogP contribution < -0.4 is 4.74 Å². The summed E-state index contributed by atoms with van der Waals surface area (Å²) in [6, 6.07) is 14.8. The second-order valence-corrected chi connectivity index (χ2v) is 6.51. The first-order chi connectivity index (χ1) is 11.8. The third kappa shape index (κ3) is 2.47. The second kappa shape index (κ2) is 6.27. The standard InChI is InChI=1S/C22H23O2/c1-3-4-7-18-19-8-5-6-9-21(19)24-22-17-13-11-16(23-2)14-15(17)10-12-20(18)22/h5-6,8-9,11,13-14H,3-4,7,10,12H2,1-2H3/q+1. The van der Waals surface area contributed by atoms with Gasteiger partial charge in [-0.05, 0) is 61.1 Å². The van der Waals surface area contributed by atoms with Crippen LogP contribution in [-0.4, -0.2) is 7.11 Å². The summed E-state index contributed by atoms with van der Waals surface area (Å²) >= 11 is 0. The summed E-state index contributed by atoms with van der Waals surface area (Å²) in [7, 11) is 1.72. The molecule has 0 amide bonds. The minimum Gasteiger partial charge on any atom is -0.497 e. The molecule has 1 heterocycles. The van der Waals surface area contributed by atoms with Gasteiger partial charge in [0, 0.05) is 6.07 Å². The number of fused-ring (bicyclic) bond motifs is 4. The van der Waals surface area contributed by atoms with Crippen molar-refractivity contribution in [2.45, 2.75) is 39.0 Å². The molecule has 0 N–H and O–H groups in total. The van der Waals surface area contributed by atoms with Crippen LogP contribution in [0.1, 0.15) is 36.5 Å². The van der Waals surface area contributed by atoms with Crippen molar-refractivity contribution < 1.29 is 9.15 Å². The highest BCUT2D eigenvalue weighted by Gasteiger charge is 2.31. The van der Waals surface area contributed by atoms with Crippen LogP contribution >= 0.6 is 0 Å². The van der Waals surface area contributed by atoms with Gasteiger partial charge in [-0.2, -0.15) is 0 Å². The average molecular weight is 319 g/mol.